The first kappa shape index (κ1) is 14.0. The van der Waals surface area contributed by atoms with Crippen molar-refractivity contribution in [2.75, 3.05) is 16.8 Å². The lowest BCUT2D eigenvalue weighted by atomic mass is 10.3. The predicted octanol–water partition coefficient (Wildman–Crippen LogP) is 2.64. The standard InChI is InChI=1S/C10H8ClFN4OS2/c11-5-1-2-7(6(12)3-5)14-8(17)4-18-10-16-15-9(13)19-10/h1-3H,4H2,(H2,13,15)(H,14,17). The molecule has 0 saturated heterocycles. The molecule has 0 unspecified atom stereocenters. The molecule has 1 heterocycles. The van der Waals surface area contributed by atoms with Crippen LogP contribution < -0.4 is 11.1 Å². The fourth-order valence-corrected chi connectivity index (χ4v) is 2.78. The second-order valence-corrected chi connectivity index (χ2v) is 6.04. The normalized spacial score (nSPS) is 10.4. The van der Waals surface area contributed by atoms with Gasteiger partial charge in [-0.2, -0.15) is 0 Å². The maximum absolute atomic E-state index is 13.4. The molecule has 0 bridgehead atoms. The Labute approximate surface area is 121 Å². The molecule has 5 nitrogen and oxygen atoms in total. The second kappa shape index (κ2) is 6.18. The second-order valence-electron chi connectivity index (χ2n) is 3.37. The Morgan fingerprint density at radius 3 is 2.95 bits per heavy atom. The molecule has 2 rings (SSSR count). The number of nitrogens with one attached hydrogen (secondary N) is 1. The first-order valence-electron chi connectivity index (χ1n) is 5.01. The van der Waals surface area contributed by atoms with Gasteiger partial charge in [-0.05, 0) is 18.2 Å². The van der Waals surface area contributed by atoms with Gasteiger partial charge < -0.3 is 11.1 Å². The number of nitrogen functional groups attached to an aromatic ring is 1. The van der Waals surface area contributed by atoms with Gasteiger partial charge in [0.15, 0.2) is 4.34 Å². The van der Waals surface area contributed by atoms with Crippen LogP contribution >= 0.6 is 34.7 Å². The third-order valence-corrected chi connectivity index (χ3v) is 4.07. The van der Waals surface area contributed by atoms with E-state index in [1.807, 2.05) is 0 Å². The third kappa shape index (κ3) is 4.05. The number of hydrogen-bond acceptors (Lipinski definition) is 6. The Morgan fingerprint density at radius 1 is 1.53 bits per heavy atom. The highest BCUT2D eigenvalue weighted by Gasteiger charge is 2.09. The molecule has 0 fully saturated rings. The monoisotopic (exact) mass is 318 g/mol. The highest BCUT2D eigenvalue weighted by molar-refractivity contribution is 8.01. The van der Waals surface area contributed by atoms with Gasteiger partial charge in [0.05, 0.1) is 11.4 Å². The van der Waals surface area contributed by atoms with Crippen LogP contribution in [0.25, 0.3) is 0 Å². The summed E-state index contributed by atoms with van der Waals surface area (Å²) in [5.74, 6) is -0.831. The van der Waals surface area contributed by atoms with Crippen LogP contribution in [0, 0.1) is 5.82 Å². The molecule has 0 aliphatic rings. The van der Waals surface area contributed by atoms with Crippen molar-refractivity contribution in [2.45, 2.75) is 4.34 Å². The van der Waals surface area contributed by atoms with Crippen molar-refractivity contribution in [3.05, 3.63) is 29.0 Å². The minimum Gasteiger partial charge on any atom is -0.374 e. The first-order chi connectivity index (χ1) is 9.04. The summed E-state index contributed by atoms with van der Waals surface area (Å²) in [6, 6.07) is 4.04. The lowest BCUT2D eigenvalue weighted by Gasteiger charge is -2.05. The largest absolute Gasteiger partial charge is 0.374 e. The van der Waals surface area contributed by atoms with E-state index in [0.717, 1.165) is 6.07 Å². The summed E-state index contributed by atoms with van der Waals surface area (Å²) < 4.78 is 14.0. The molecule has 2 aromatic rings. The Morgan fingerprint density at radius 2 is 2.32 bits per heavy atom. The number of amides is 1. The molecule has 0 spiro atoms. The molecule has 1 aromatic carbocycles. The van der Waals surface area contributed by atoms with E-state index in [4.69, 9.17) is 17.3 Å². The number of hydrogen-bond donors (Lipinski definition) is 2. The maximum Gasteiger partial charge on any atom is 0.234 e. The van der Waals surface area contributed by atoms with E-state index < -0.39 is 5.82 Å². The summed E-state index contributed by atoms with van der Waals surface area (Å²) in [6.45, 7) is 0. The molecule has 0 atom stereocenters. The fourth-order valence-electron chi connectivity index (χ4n) is 1.18. The number of benzene rings is 1. The van der Waals surface area contributed by atoms with Gasteiger partial charge in [0.1, 0.15) is 5.82 Å². The van der Waals surface area contributed by atoms with E-state index >= 15 is 0 Å². The van der Waals surface area contributed by atoms with Crippen LogP contribution in [0.15, 0.2) is 22.5 Å². The van der Waals surface area contributed by atoms with E-state index in [-0.39, 0.29) is 22.4 Å². The smallest absolute Gasteiger partial charge is 0.234 e. The third-order valence-electron chi connectivity index (χ3n) is 1.95. The zero-order valence-electron chi connectivity index (χ0n) is 9.39. The SMILES string of the molecule is Nc1nnc(SCC(=O)Nc2ccc(Cl)cc2F)s1. The lowest BCUT2D eigenvalue weighted by Crippen LogP contribution is -2.14. The molecule has 0 aliphatic heterocycles. The van der Waals surface area contributed by atoms with Crippen LogP contribution in [0.1, 0.15) is 0 Å². The minimum atomic E-state index is -0.578. The molecule has 0 saturated carbocycles. The van der Waals surface area contributed by atoms with E-state index in [1.54, 1.807) is 0 Å². The van der Waals surface area contributed by atoms with Crippen LogP contribution in [-0.2, 0) is 4.79 Å². The Balaban J connectivity index is 1.90. The number of aromatic nitrogens is 2. The van der Waals surface area contributed by atoms with Gasteiger partial charge in [-0.1, -0.05) is 34.7 Å². The number of carbonyl (C=O) groups excluding carboxylic acids is 1. The van der Waals surface area contributed by atoms with Gasteiger partial charge in [-0.15, -0.1) is 10.2 Å². The molecule has 1 aromatic heterocycles. The molecule has 9 heteroatoms. The number of nitrogens with zero attached hydrogens (tertiary/aromatic N) is 2. The molecule has 0 aliphatic carbocycles. The quantitative estimate of drug-likeness (QED) is 0.847. The van der Waals surface area contributed by atoms with Crippen LogP contribution in [0.5, 0.6) is 0 Å². The minimum absolute atomic E-state index is 0.0896. The van der Waals surface area contributed by atoms with Crippen molar-refractivity contribution in [3.63, 3.8) is 0 Å². The van der Waals surface area contributed by atoms with Crippen LogP contribution in [-0.4, -0.2) is 21.9 Å². The number of halogens is 2. The zero-order valence-corrected chi connectivity index (χ0v) is 11.8. The Bertz CT molecular complexity index is 607. The molecule has 1 amide bonds. The van der Waals surface area contributed by atoms with Crippen LogP contribution in [0.4, 0.5) is 15.2 Å². The number of carbonyl (C=O) groups is 1. The number of rotatable bonds is 4. The van der Waals surface area contributed by atoms with Crippen molar-refractivity contribution in [1.82, 2.24) is 10.2 Å². The van der Waals surface area contributed by atoms with Gasteiger partial charge in [0.25, 0.3) is 0 Å². The fraction of sp³-hybridized carbons (Fsp3) is 0.100. The highest BCUT2D eigenvalue weighted by Crippen LogP contribution is 2.24. The van der Waals surface area contributed by atoms with Gasteiger partial charge in [0.2, 0.25) is 11.0 Å². The summed E-state index contributed by atoms with van der Waals surface area (Å²) in [5.41, 5.74) is 5.50. The Hall–Kier alpha value is -1.38. The van der Waals surface area contributed by atoms with Gasteiger partial charge in [-0.3, -0.25) is 4.79 Å². The van der Waals surface area contributed by atoms with Gasteiger partial charge >= 0.3 is 0 Å². The van der Waals surface area contributed by atoms with E-state index in [0.29, 0.717) is 9.47 Å². The number of nitrogens with two attached hydrogens (primary N) is 1. The predicted molar refractivity (Wildman–Crippen MR) is 75.1 cm³/mol. The zero-order chi connectivity index (χ0) is 13.8. The van der Waals surface area contributed by atoms with E-state index in [2.05, 4.69) is 15.5 Å². The topological polar surface area (TPSA) is 80.9 Å². The van der Waals surface area contributed by atoms with E-state index in [9.17, 15) is 9.18 Å². The molecule has 100 valence electrons. The van der Waals surface area contributed by atoms with Crippen molar-refractivity contribution in [1.29, 1.82) is 0 Å². The lowest BCUT2D eigenvalue weighted by molar-refractivity contribution is -0.113. The first-order valence-corrected chi connectivity index (χ1v) is 7.19. The van der Waals surface area contributed by atoms with Gasteiger partial charge in [0, 0.05) is 5.02 Å². The van der Waals surface area contributed by atoms with Crippen molar-refractivity contribution in [2.24, 2.45) is 0 Å². The van der Waals surface area contributed by atoms with Crippen LogP contribution in [0.2, 0.25) is 5.02 Å². The van der Waals surface area contributed by atoms with Crippen molar-refractivity contribution < 1.29 is 9.18 Å². The summed E-state index contributed by atoms with van der Waals surface area (Å²) in [7, 11) is 0. The highest BCUT2D eigenvalue weighted by atomic mass is 35.5. The maximum atomic E-state index is 13.4. The van der Waals surface area contributed by atoms with Gasteiger partial charge in [-0.25, -0.2) is 4.39 Å². The Kier molecular flexibility index (Phi) is 4.56. The number of anilines is 2. The molecule has 0 radical (unpaired) electrons. The molecule has 19 heavy (non-hydrogen) atoms. The summed E-state index contributed by atoms with van der Waals surface area (Å²) in [4.78, 5) is 11.6. The molecule has 3 N–H and O–H groups in total. The van der Waals surface area contributed by atoms with Crippen molar-refractivity contribution in [3.8, 4) is 0 Å². The molecular weight excluding hydrogens is 311 g/mol. The summed E-state index contributed by atoms with van der Waals surface area (Å²) >= 11 is 7.98. The summed E-state index contributed by atoms with van der Waals surface area (Å²) in [6.07, 6.45) is 0. The molecular formula is C10H8ClFN4OS2. The van der Waals surface area contributed by atoms with Crippen molar-refractivity contribution >= 4 is 51.4 Å². The van der Waals surface area contributed by atoms with Crippen LogP contribution in [0.3, 0.4) is 0 Å². The average Bonchev–Trinajstić information content (AvgIpc) is 2.76. The summed E-state index contributed by atoms with van der Waals surface area (Å²) in [5, 5.41) is 10.4. The number of thioether (sulfide) groups is 1. The average molecular weight is 319 g/mol. The van der Waals surface area contributed by atoms with E-state index in [1.165, 1.54) is 35.2 Å².